The maximum absolute atomic E-state index is 12.0. The van der Waals surface area contributed by atoms with Gasteiger partial charge in [-0.1, -0.05) is 110 Å². The lowest BCUT2D eigenvalue weighted by atomic mass is 10.0. The number of carbonyl (C=O) groups excluding carboxylic acids is 1. The number of guanidine groups is 1. The van der Waals surface area contributed by atoms with E-state index in [-0.39, 0.29) is 11.9 Å². The molecule has 1 atom stereocenters. The molecule has 0 aliphatic heterocycles. The highest BCUT2D eigenvalue weighted by atomic mass is 16.4. The maximum atomic E-state index is 12.0. The lowest BCUT2D eigenvalue weighted by molar-refractivity contribution is -0.142. The normalized spacial score (nSPS) is 11.8. The number of amides is 1. The van der Waals surface area contributed by atoms with E-state index in [4.69, 9.17) is 11.1 Å². The van der Waals surface area contributed by atoms with E-state index in [1.165, 1.54) is 89.9 Å². The maximum Gasteiger partial charge on any atom is 0.326 e. The molecule has 1 amide bonds. The van der Waals surface area contributed by atoms with Crippen LogP contribution in [0.15, 0.2) is 0 Å². The lowest BCUT2D eigenvalue weighted by Crippen LogP contribution is -2.41. The Labute approximate surface area is 202 Å². The number of hydrogen-bond donors (Lipinski definition) is 5. The molecule has 0 aromatic rings. The minimum absolute atomic E-state index is 0.135. The summed E-state index contributed by atoms with van der Waals surface area (Å²) >= 11 is 0. The van der Waals surface area contributed by atoms with Gasteiger partial charge in [-0.25, -0.2) is 4.79 Å². The SMILES string of the molecule is CCCCCCCCCCCCCCCCCCCC(=O)N[C@@H](CCCNC(=N)N)C(=O)O. The molecule has 0 fully saturated rings. The zero-order chi connectivity index (χ0) is 24.6. The van der Waals surface area contributed by atoms with Gasteiger partial charge in [-0.2, -0.15) is 0 Å². The van der Waals surface area contributed by atoms with Crippen molar-refractivity contribution < 1.29 is 14.7 Å². The van der Waals surface area contributed by atoms with E-state index >= 15 is 0 Å². The molecule has 0 bridgehead atoms. The fourth-order valence-corrected chi connectivity index (χ4v) is 4.06. The average Bonchev–Trinajstić information content (AvgIpc) is 2.77. The summed E-state index contributed by atoms with van der Waals surface area (Å²) in [5.41, 5.74) is 5.19. The highest BCUT2D eigenvalue weighted by molar-refractivity contribution is 5.83. The summed E-state index contributed by atoms with van der Waals surface area (Å²) in [6.45, 7) is 2.69. The number of carboxylic acids is 1. The van der Waals surface area contributed by atoms with Crippen molar-refractivity contribution in [1.29, 1.82) is 5.41 Å². The largest absolute Gasteiger partial charge is 0.480 e. The number of rotatable bonds is 24. The van der Waals surface area contributed by atoms with Crippen LogP contribution in [0.2, 0.25) is 0 Å². The first-order valence-electron chi connectivity index (χ1n) is 13.6. The van der Waals surface area contributed by atoms with Crippen LogP contribution in [0.25, 0.3) is 0 Å². The molecule has 0 saturated carbocycles. The Morgan fingerprint density at radius 3 is 1.58 bits per heavy atom. The first-order valence-corrected chi connectivity index (χ1v) is 13.6. The minimum Gasteiger partial charge on any atom is -0.480 e. The molecule has 7 heteroatoms. The van der Waals surface area contributed by atoms with Crippen molar-refractivity contribution in [3.63, 3.8) is 0 Å². The first-order chi connectivity index (χ1) is 16.0. The summed E-state index contributed by atoms with van der Waals surface area (Å²) in [7, 11) is 0. The third kappa shape index (κ3) is 23.2. The molecule has 0 aliphatic rings. The van der Waals surface area contributed by atoms with Crippen molar-refractivity contribution in [3.05, 3.63) is 0 Å². The van der Waals surface area contributed by atoms with Crippen molar-refractivity contribution in [1.82, 2.24) is 10.6 Å². The molecule has 0 aliphatic carbocycles. The van der Waals surface area contributed by atoms with Crippen molar-refractivity contribution in [3.8, 4) is 0 Å². The second-order valence-corrected chi connectivity index (χ2v) is 9.35. The molecule has 0 radical (unpaired) electrons. The van der Waals surface area contributed by atoms with E-state index in [1.807, 2.05) is 0 Å². The van der Waals surface area contributed by atoms with Gasteiger partial charge in [0.1, 0.15) is 6.04 Å². The predicted octanol–water partition coefficient (Wildman–Crippen LogP) is 5.86. The summed E-state index contributed by atoms with van der Waals surface area (Å²) in [5.74, 6) is -1.35. The van der Waals surface area contributed by atoms with Crippen LogP contribution < -0.4 is 16.4 Å². The van der Waals surface area contributed by atoms with Crippen LogP contribution in [-0.4, -0.2) is 35.5 Å². The van der Waals surface area contributed by atoms with Crippen LogP contribution in [0.5, 0.6) is 0 Å². The van der Waals surface area contributed by atoms with Gasteiger partial charge in [-0.15, -0.1) is 0 Å². The third-order valence-electron chi connectivity index (χ3n) is 6.13. The minimum atomic E-state index is -1.02. The molecule has 0 heterocycles. The number of nitrogens with one attached hydrogen (secondary N) is 3. The number of unbranched alkanes of at least 4 members (excludes halogenated alkanes) is 16. The van der Waals surface area contributed by atoms with E-state index < -0.39 is 12.0 Å². The van der Waals surface area contributed by atoms with Crippen molar-refractivity contribution in [2.24, 2.45) is 5.73 Å². The zero-order valence-electron chi connectivity index (χ0n) is 21.3. The van der Waals surface area contributed by atoms with Crippen LogP contribution in [-0.2, 0) is 9.59 Å². The number of aliphatic carboxylic acids is 1. The van der Waals surface area contributed by atoms with Gasteiger partial charge in [0.2, 0.25) is 5.91 Å². The molecule has 7 nitrogen and oxygen atoms in total. The van der Waals surface area contributed by atoms with Gasteiger partial charge in [0.05, 0.1) is 0 Å². The van der Waals surface area contributed by atoms with Gasteiger partial charge >= 0.3 is 5.97 Å². The van der Waals surface area contributed by atoms with Crippen molar-refractivity contribution >= 4 is 17.8 Å². The van der Waals surface area contributed by atoms with E-state index in [1.54, 1.807) is 0 Å². The van der Waals surface area contributed by atoms with Crippen molar-refractivity contribution in [2.75, 3.05) is 6.54 Å². The second kappa shape index (κ2) is 23.4. The molecule has 0 unspecified atom stereocenters. The Bertz CT molecular complexity index is 500. The Morgan fingerprint density at radius 1 is 0.758 bits per heavy atom. The van der Waals surface area contributed by atoms with Gasteiger partial charge < -0.3 is 21.5 Å². The number of hydrogen-bond acceptors (Lipinski definition) is 3. The van der Waals surface area contributed by atoms with Crippen LogP contribution in [0, 0.1) is 5.41 Å². The zero-order valence-corrected chi connectivity index (χ0v) is 21.3. The molecule has 6 N–H and O–H groups in total. The highest BCUT2D eigenvalue weighted by Crippen LogP contribution is 2.14. The fourth-order valence-electron chi connectivity index (χ4n) is 4.06. The molecule has 0 aromatic carbocycles. The molecule has 0 aromatic heterocycles. The lowest BCUT2D eigenvalue weighted by Gasteiger charge is -2.14. The molecule has 0 saturated heterocycles. The Hall–Kier alpha value is -1.79. The third-order valence-corrected chi connectivity index (χ3v) is 6.13. The molecular weight excluding hydrogens is 416 g/mol. The van der Waals surface area contributed by atoms with Gasteiger partial charge in [0.25, 0.3) is 0 Å². The van der Waals surface area contributed by atoms with Gasteiger partial charge in [0, 0.05) is 13.0 Å². The monoisotopic (exact) mass is 468 g/mol. The fraction of sp³-hybridized carbons (Fsp3) is 0.885. The van der Waals surface area contributed by atoms with E-state index in [0.717, 1.165) is 19.3 Å². The molecule has 0 rings (SSSR count). The number of nitrogens with two attached hydrogens (primary N) is 1. The summed E-state index contributed by atoms with van der Waals surface area (Å²) in [4.78, 5) is 23.3. The Morgan fingerprint density at radius 2 is 1.18 bits per heavy atom. The Kier molecular flexibility index (Phi) is 22.1. The van der Waals surface area contributed by atoms with Gasteiger partial charge in [-0.05, 0) is 19.3 Å². The Balaban J connectivity index is 3.46. The van der Waals surface area contributed by atoms with E-state index in [0.29, 0.717) is 25.8 Å². The topological polar surface area (TPSA) is 128 Å². The summed E-state index contributed by atoms with van der Waals surface area (Å²) < 4.78 is 0. The van der Waals surface area contributed by atoms with Gasteiger partial charge in [0.15, 0.2) is 5.96 Å². The smallest absolute Gasteiger partial charge is 0.326 e. The summed E-state index contributed by atoms with van der Waals surface area (Å²) in [5, 5.41) is 21.6. The van der Waals surface area contributed by atoms with Gasteiger partial charge in [-0.3, -0.25) is 10.2 Å². The van der Waals surface area contributed by atoms with E-state index in [9.17, 15) is 14.7 Å². The van der Waals surface area contributed by atoms with Crippen LogP contribution in [0.1, 0.15) is 135 Å². The molecule has 194 valence electrons. The highest BCUT2D eigenvalue weighted by Gasteiger charge is 2.19. The standard InChI is InChI=1S/C26H52N4O3/c1-2-3-4-5-6-7-8-9-10-11-12-13-14-15-16-17-18-21-24(31)30-23(25(32)33)20-19-22-29-26(27)28/h23H,2-22H2,1H3,(H,30,31)(H,32,33)(H4,27,28,29)/t23-/m0/s1. The van der Waals surface area contributed by atoms with Crippen LogP contribution in [0.3, 0.4) is 0 Å². The first kappa shape index (κ1) is 31.2. The van der Waals surface area contributed by atoms with Crippen LogP contribution >= 0.6 is 0 Å². The molecule has 33 heavy (non-hydrogen) atoms. The number of carbonyl (C=O) groups is 2. The molecular formula is C26H52N4O3. The average molecular weight is 469 g/mol. The van der Waals surface area contributed by atoms with Crippen molar-refractivity contribution in [2.45, 2.75) is 141 Å². The number of carboxylic acid groups (broad SMARTS) is 1. The second-order valence-electron chi connectivity index (χ2n) is 9.35. The predicted molar refractivity (Wildman–Crippen MR) is 137 cm³/mol. The molecule has 0 spiro atoms. The quantitative estimate of drug-likeness (QED) is 0.0688. The van der Waals surface area contributed by atoms with E-state index in [2.05, 4.69) is 17.6 Å². The summed E-state index contributed by atoms with van der Waals surface area (Å²) in [6.07, 6.45) is 23.3. The van der Waals surface area contributed by atoms with Crippen LogP contribution in [0.4, 0.5) is 0 Å². The summed E-state index contributed by atoms with van der Waals surface area (Å²) in [6, 6.07) is -0.878.